The van der Waals surface area contributed by atoms with Crippen LogP contribution in [0.5, 0.6) is 5.75 Å². The standard InChI is InChI=1S/C18H18FN5O.C2H6/c1-25-13-4-5-15-14(9-13)17(24-7-2-8-24)23-18(22-15)21-11-12-3-6-16(19)20-10-12;1-2/h3-6,9-10H,2,7-8,11H2,1H3,(H,21,22,23);1-2H3. The van der Waals surface area contributed by atoms with E-state index in [9.17, 15) is 4.39 Å². The van der Waals surface area contributed by atoms with Crippen LogP contribution in [-0.4, -0.2) is 35.2 Å². The van der Waals surface area contributed by atoms with Crippen molar-refractivity contribution in [3.05, 3.63) is 48.0 Å². The molecule has 0 saturated carbocycles. The van der Waals surface area contributed by atoms with Gasteiger partial charge >= 0.3 is 0 Å². The number of anilines is 2. The smallest absolute Gasteiger partial charge is 0.225 e. The van der Waals surface area contributed by atoms with Crippen LogP contribution in [-0.2, 0) is 6.54 Å². The van der Waals surface area contributed by atoms with Gasteiger partial charge < -0.3 is 15.0 Å². The summed E-state index contributed by atoms with van der Waals surface area (Å²) >= 11 is 0. The molecule has 4 rings (SSSR count). The Morgan fingerprint density at radius 2 is 1.96 bits per heavy atom. The molecular formula is C20H24FN5O. The SMILES string of the molecule is CC.COc1ccc2nc(NCc3ccc(F)nc3)nc(N3CCC3)c2c1. The van der Waals surface area contributed by atoms with E-state index in [1.807, 2.05) is 32.0 Å². The maximum absolute atomic E-state index is 12.9. The Hall–Kier alpha value is -2.96. The van der Waals surface area contributed by atoms with Crippen molar-refractivity contribution in [3.63, 3.8) is 0 Å². The molecule has 7 heteroatoms. The lowest BCUT2D eigenvalue weighted by Crippen LogP contribution is -2.38. The first-order valence-electron chi connectivity index (χ1n) is 9.18. The Labute approximate surface area is 158 Å². The molecule has 0 atom stereocenters. The van der Waals surface area contributed by atoms with Crippen LogP contribution in [0.1, 0.15) is 25.8 Å². The summed E-state index contributed by atoms with van der Waals surface area (Å²) in [5, 5.41) is 4.18. The molecule has 0 radical (unpaired) electrons. The third kappa shape index (κ3) is 4.24. The minimum atomic E-state index is -0.486. The number of fused-ring (bicyclic) bond motifs is 1. The molecule has 0 bridgehead atoms. The average molecular weight is 369 g/mol. The highest BCUT2D eigenvalue weighted by atomic mass is 19.1. The fourth-order valence-corrected chi connectivity index (χ4v) is 2.76. The van der Waals surface area contributed by atoms with Crippen molar-refractivity contribution in [2.24, 2.45) is 0 Å². The lowest BCUT2D eigenvalue weighted by Gasteiger charge is -2.33. The summed E-state index contributed by atoms with van der Waals surface area (Å²) in [6, 6.07) is 8.83. The highest BCUT2D eigenvalue weighted by molar-refractivity contribution is 5.92. The molecule has 1 saturated heterocycles. The van der Waals surface area contributed by atoms with E-state index in [0.717, 1.165) is 41.1 Å². The van der Waals surface area contributed by atoms with Crippen molar-refractivity contribution >= 4 is 22.7 Å². The summed E-state index contributed by atoms with van der Waals surface area (Å²) in [6.45, 7) is 6.46. The number of benzene rings is 1. The normalized spacial score (nSPS) is 12.8. The Kier molecular flexibility index (Phi) is 6.01. The van der Waals surface area contributed by atoms with Crippen LogP contribution >= 0.6 is 0 Å². The monoisotopic (exact) mass is 369 g/mol. The Bertz CT molecular complexity index is 897. The summed E-state index contributed by atoms with van der Waals surface area (Å²) in [5.74, 6) is 1.76. The van der Waals surface area contributed by atoms with Crippen molar-refractivity contribution in [1.29, 1.82) is 0 Å². The largest absolute Gasteiger partial charge is 0.497 e. The van der Waals surface area contributed by atoms with Gasteiger partial charge in [0.25, 0.3) is 0 Å². The summed E-state index contributed by atoms with van der Waals surface area (Å²) in [7, 11) is 1.65. The number of hydrogen-bond acceptors (Lipinski definition) is 6. The van der Waals surface area contributed by atoms with Gasteiger partial charge in [0.2, 0.25) is 11.9 Å². The van der Waals surface area contributed by atoms with E-state index < -0.39 is 5.95 Å². The second-order valence-corrected chi connectivity index (χ2v) is 5.94. The second kappa shape index (κ2) is 8.62. The summed E-state index contributed by atoms with van der Waals surface area (Å²) in [5.41, 5.74) is 1.72. The first-order valence-corrected chi connectivity index (χ1v) is 9.18. The lowest BCUT2D eigenvalue weighted by molar-refractivity contribution is 0.415. The third-order valence-corrected chi connectivity index (χ3v) is 4.28. The van der Waals surface area contributed by atoms with E-state index in [2.05, 4.69) is 25.2 Å². The highest BCUT2D eigenvalue weighted by Gasteiger charge is 2.20. The molecule has 2 aromatic heterocycles. The first kappa shape index (κ1) is 18.8. The molecule has 1 aromatic carbocycles. The Morgan fingerprint density at radius 3 is 2.59 bits per heavy atom. The van der Waals surface area contributed by atoms with Gasteiger partial charge in [-0.25, -0.2) is 9.97 Å². The number of nitrogens with one attached hydrogen (secondary N) is 1. The van der Waals surface area contributed by atoms with Crippen LogP contribution in [0.3, 0.4) is 0 Å². The molecule has 1 aliphatic heterocycles. The van der Waals surface area contributed by atoms with Crippen molar-refractivity contribution in [2.45, 2.75) is 26.8 Å². The molecule has 1 fully saturated rings. The van der Waals surface area contributed by atoms with Crippen LogP contribution in [0.4, 0.5) is 16.2 Å². The summed E-state index contributed by atoms with van der Waals surface area (Å²) in [6.07, 6.45) is 2.67. The average Bonchev–Trinajstić information content (AvgIpc) is 2.67. The number of ether oxygens (including phenoxy) is 1. The molecule has 142 valence electrons. The molecular weight excluding hydrogens is 345 g/mol. The topological polar surface area (TPSA) is 63.2 Å². The number of aromatic nitrogens is 3. The number of pyridine rings is 1. The van der Waals surface area contributed by atoms with Gasteiger partial charge in [-0.05, 0) is 36.2 Å². The van der Waals surface area contributed by atoms with Crippen molar-refractivity contribution < 1.29 is 9.13 Å². The Balaban J connectivity index is 0.00000102. The molecule has 0 amide bonds. The molecule has 0 spiro atoms. The highest BCUT2D eigenvalue weighted by Crippen LogP contribution is 2.31. The van der Waals surface area contributed by atoms with Crippen LogP contribution in [0, 0.1) is 5.95 Å². The van der Waals surface area contributed by atoms with Gasteiger partial charge in [-0.1, -0.05) is 19.9 Å². The number of rotatable bonds is 5. The van der Waals surface area contributed by atoms with Crippen LogP contribution in [0.15, 0.2) is 36.5 Å². The van der Waals surface area contributed by atoms with Crippen molar-refractivity contribution in [3.8, 4) is 5.75 Å². The molecule has 1 N–H and O–H groups in total. The minimum Gasteiger partial charge on any atom is -0.497 e. The van der Waals surface area contributed by atoms with Gasteiger partial charge in [0.05, 0.1) is 12.6 Å². The fourth-order valence-electron chi connectivity index (χ4n) is 2.76. The van der Waals surface area contributed by atoms with Gasteiger partial charge in [0.15, 0.2) is 0 Å². The van der Waals surface area contributed by atoms with E-state index in [1.54, 1.807) is 13.2 Å². The van der Waals surface area contributed by atoms with Gasteiger partial charge in [0, 0.05) is 31.2 Å². The van der Waals surface area contributed by atoms with E-state index >= 15 is 0 Å². The maximum Gasteiger partial charge on any atom is 0.225 e. The molecule has 1 aliphatic rings. The molecule has 3 heterocycles. The first-order chi connectivity index (χ1) is 13.2. The zero-order valence-corrected chi connectivity index (χ0v) is 15.9. The molecule has 0 unspecified atom stereocenters. The van der Waals surface area contributed by atoms with E-state index in [-0.39, 0.29) is 0 Å². The third-order valence-electron chi connectivity index (χ3n) is 4.28. The van der Waals surface area contributed by atoms with Gasteiger partial charge in [-0.2, -0.15) is 9.37 Å². The lowest BCUT2D eigenvalue weighted by atomic mass is 10.1. The predicted octanol–water partition coefficient (Wildman–Crippen LogP) is 4.02. The fraction of sp³-hybridized carbons (Fsp3) is 0.350. The van der Waals surface area contributed by atoms with E-state index in [0.29, 0.717) is 12.5 Å². The van der Waals surface area contributed by atoms with Gasteiger partial charge in [-0.15, -0.1) is 0 Å². The minimum absolute atomic E-state index is 0.481. The van der Waals surface area contributed by atoms with Crippen molar-refractivity contribution in [1.82, 2.24) is 15.0 Å². The summed E-state index contributed by atoms with van der Waals surface area (Å²) < 4.78 is 18.2. The zero-order valence-electron chi connectivity index (χ0n) is 15.9. The molecule has 0 aliphatic carbocycles. The van der Waals surface area contributed by atoms with E-state index in [1.165, 1.54) is 18.7 Å². The number of halogens is 1. The Morgan fingerprint density at radius 1 is 1.15 bits per heavy atom. The van der Waals surface area contributed by atoms with Crippen LogP contribution in [0.25, 0.3) is 10.9 Å². The van der Waals surface area contributed by atoms with Gasteiger partial charge in [-0.3, -0.25) is 0 Å². The maximum atomic E-state index is 12.9. The number of hydrogen-bond donors (Lipinski definition) is 1. The molecule has 27 heavy (non-hydrogen) atoms. The zero-order chi connectivity index (χ0) is 19.2. The number of nitrogens with zero attached hydrogens (tertiary/aromatic N) is 4. The van der Waals surface area contributed by atoms with Crippen molar-refractivity contribution in [2.75, 3.05) is 30.4 Å². The van der Waals surface area contributed by atoms with Crippen LogP contribution < -0.4 is 15.0 Å². The van der Waals surface area contributed by atoms with E-state index in [4.69, 9.17) is 4.74 Å². The van der Waals surface area contributed by atoms with Gasteiger partial charge in [0.1, 0.15) is 11.6 Å². The quantitative estimate of drug-likeness (QED) is 0.686. The molecule has 6 nitrogen and oxygen atoms in total. The summed E-state index contributed by atoms with van der Waals surface area (Å²) in [4.78, 5) is 15.2. The second-order valence-electron chi connectivity index (χ2n) is 5.94. The molecule has 3 aromatic rings. The van der Waals surface area contributed by atoms with Crippen LogP contribution in [0.2, 0.25) is 0 Å². The predicted molar refractivity (Wildman–Crippen MR) is 106 cm³/mol. The number of methoxy groups -OCH3 is 1.